The normalized spacial score (nSPS) is 15.6. The van der Waals surface area contributed by atoms with E-state index in [-0.39, 0.29) is 5.91 Å². The predicted molar refractivity (Wildman–Crippen MR) is 116 cm³/mol. The quantitative estimate of drug-likeness (QED) is 0.703. The van der Waals surface area contributed by atoms with E-state index in [1.54, 1.807) is 12.1 Å². The third-order valence-electron chi connectivity index (χ3n) is 5.21. The van der Waals surface area contributed by atoms with Gasteiger partial charge in [-0.1, -0.05) is 60.1 Å². The van der Waals surface area contributed by atoms with Gasteiger partial charge in [0.25, 0.3) is 0 Å². The van der Waals surface area contributed by atoms with Crippen molar-refractivity contribution in [1.29, 1.82) is 0 Å². The first-order valence-corrected chi connectivity index (χ1v) is 10.0. The summed E-state index contributed by atoms with van der Waals surface area (Å²) < 4.78 is 0. The van der Waals surface area contributed by atoms with Crippen molar-refractivity contribution in [3.05, 3.63) is 77.3 Å². The standard InChI is InChI=1S/C23H24ClN3O/c24-20-8-4-9-21(15-20)25-23(28)17-27-13-11-26(12-14-27)16-19-7-3-6-18-5-1-2-10-22(18)19/h1-10,15H,11-14,16-17H2,(H,25,28). The van der Waals surface area contributed by atoms with Gasteiger partial charge in [-0.2, -0.15) is 0 Å². The second kappa shape index (κ2) is 8.74. The Kier molecular flexibility index (Phi) is 5.91. The molecule has 4 nitrogen and oxygen atoms in total. The molecule has 0 saturated carbocycles. The molecule has 0 aliphatic carbocycles. The van der Waals surface area contributed by atoms with Crippen LogP contribution in [0.4, 0.5) is 5.69 Å². The summed E-state index contributed by atoms with van der Waals surface area (Å²) in [5.41, 5.74) is 2.11. The van der Waals surface area contributed by atoms with Crippen molar-refractivity contribution in [3.63, 3.8) is 0 Å². The number of hydrogen-bond acceptors (Lipinski definition) is 3. The number of amides is 1. The van der Waals surface area contributed by atoms with Crippen molar-refractivity contribution in [1.82, 2.24) is 9.80 Å². The number of nitrogens with one attached hydrogen (secondary N) is 1. The van der Waals surface area contributed by atoms with E-state index in [4.69, 9.17) is 11.6 Å². The molecule has 1 aliphatic heterocycles. The van der Waals surface area contributed by atoms with E-state index in [2.05, 4.69) is 57.6 Å². The topological polar surface area (TPSA) is 35.6 Å². The molecule has 1 aliphatic rings. The Morgan fingerprint density at radius 2 is 1.61 bits per heavy atom. The van der Waals surface area contributed by atoms with Gasteiger partial charge < -0.3 is 5.32 Å². The Bertz CT molecular complexity index is 961. The van der Waals surface area contributed by atoms with Crippen molar-refractivity contribution in [2.75, 3.05) is 38.0 Å². The van der Waals surface area contributed by atoms with E-state index >= 15 is 0 Å². The minimum absolute atomic E-state index is 0.00442. The Hall–Kier alpha value is -2.40. The molecule has 4 rings (SSSR count). The fourth-order valence-corrected chi connectivity index (χ4v) is 3.94. The van der Waals surface area contributed by atoms with Crippen LogP contribution < -0.4 is 5.32 Å². The Morgan fingerprint density at radius 1 is 0.893 bits per heavy atom. The molecule has 1 N–H and O–H groups in total. The maximum Gasteiger partial charge on any atom is 0.238 e. The van der Waals surface area contributed by atoms with Gasteiger partial charge in [0.15, 0.2) is 0 Å². The highest BCUT2D eigenvalue weighted by atomic mass is 35.5. The Labute approximate surface area is 170 Å². The van der Waals surface area contributed by atoms with Gasteiger partial charge in [0, 0.05) is 43.4 Å². The number of anilines is 1. The molecule has 1 heterocycles. The molecule has 0 aromatic heterocycles. The highest BCUT2D eigenvalue weighted by molar-refractivity contribution is 6.30. The van der Waals surface area contributed by atoms with Crippen molar-refractivity contribution in [3.8, 4) is 0 Å². The zero-order chi connectivity index (χ0) is 19.3. The van der Waals surface area contributed by atoms with E-state index in [0.29, 0.717) is 11.6 Å². The summed E-state index contributed by atoms with van der Waals surface area (Å²) in [5, 5.41) is 6.16. The molecule has 1 saturated heterocycles. The molecular formula is C23H24ClN3O. The van der Waals surface area contributed by atoms with Gasteiger partial charge in [-0.3, -0.25) is 14.6 Å². The molecule has 3 aromatic carbocycles. The summed E-state index contributed by atoms with van der Waals surface area (Å²) in [6, 6.07) is 22.3. The van der Waals surface area contributed by atoms with Gasteiger partial charge in [-0.05, 0) is 34.5 Å². The monoisotopic (exact) mass is 393 g/mol. The number of carbonyl (C=O) groups is 1. The van der Waals surface area contributed by atoms with Crippen LogP contribution in [0.1, 0.15) is 5.56 Å². The van der Waals surface area contributed by atoms with Crippen LogP contribution in [0.15, 0.2) is 66.7 Å². The summed E-state index contributed by atoms with van der Waals surface area (Å²) in [6.45, 7) is 5.08. The van der Waals surface area contributed by atoms with Crippen LogP contribution in [0.25, 0.3) is 10.8 Å². The summed E-state index contributed by atoms with van der Waals surface area (Å²) in [5.74, 6) is 0.00442. The van der Waals surface area contributed by atoms with Gasteiger partial charge in [0.1, 0.15) is 0 Å². The number of benzene rings is 3. The number of fused-ring (bicyclic) bond motifs is 1. The van der Waals surface area contributed by atoms with Crippen LogP contribution in [0.5, 0.6) is 0 Å². The van der Waals surface area contributed by atoms with E-state index in [1.165, 1.54) is 16.3 Å². The summed E-state index contributed by atoms with van der Waals surface area (Å²) >= 11 is 5.97. The molecule has 0 atom stereocenters. The fraction of sp³-hybridized carbons (Fsp3) is 0.261. The van der Waals surface area contributed by atoms with Gasteiger partial charge in [0.05, 0.1) is 6.54 Å². The fourth-order valence-electron chi connectivity index (χ4n) is 3.75. The zero-order valence-corrected chi connectivity index (χ0v) is 16.5. The Balaban J connectivity index is 1.29. The molecule has 0 unspecified atom stereocenters. The average Bonchev–Trinajstić information content (AvgIpc) is 2.70. The highest BCUT2D eigenvalue weighted by Gasteiger charge is 2.19. The number of nitrogens with zero attached hydrogens (tertiary/aromatic N) is 2. The van der Waals surface area contributed by atoms with Crippen LogP contribution >= 0.6 is 11.6 Å². The number of halogens is 1. The van der Waals surface area contributed by atoms with E-state index in [9.17, 15) is 4.79 Å². The highest BCUT2D eigenvalue weighted by Crippen LogP contribution is 2.20. The molecule has 0 radical (unpaired) electrons. The zero-order valence-electron chi connectivity index (χ0n) is 15.8. The average molecular weight is 394 g/mol. The summed E-state index contributed by atoms with van der Waals surface area (Å²) in [6.07, 6.45) is 0. The van der Waals surface area contributed by atoms with Crippen LogP contribution in [0.3, 0.4) is 0 Å². The number of piperazine rings is 1. The van der Waals surface area contributed by atoms with Crippen molar-refractivity contribution >= 4 is 34.0 Å². The summed E-state index contributed by atoms with van der Waals surface area (Å²) in [4.78, 5) is 17.0. The molecule has 28 heavy (non-hydrogen) atoms. The molecule has 3 aromatic rings. The lowest BCUT2D eigenvalue weighted by Crippen LogP contribution is -2.48. The largest absolute Gasteiger partial charge is 0.325 e. The van der Waals surface area contributed by atoms with Crippen LogP contribution in [-0.4, -0.2) is 48.4 Å². The van der Waals surface area contributed by atoms with Gasteiger partial charge >= 0.3 is 0 Å². The van der Waals surface area contributed by atoms with Crippen LogP contribution in [0, 0.1) is 0 Å². The third-order valence-corrected chi connectivity index (χ3v) is 5.45. The summed E-state index contributed by atoms with van der Waals surface area (Å²) in [7, 11) is 0. The van der Waals surface area contributed by atoms with Crippen LogP contribution in [-0.2, 0) is 11.3 Å². The van der Waals surface area contributed by atoms with Crippen molar-refractivity contribution in [2.24, 2.45) is 0 Å². The second-order valence-corrected chi connectivity index (χ2v) is 7.69. The minimum Gasteiger partial charge on any atom is -0.325 e. The molecular weight excluding hydrogens is 370 g/mol. The van der Waals surface area contributed by atoms with Gasteiger partial charge in [-0.25, -0.2) is 0 Å². The molecule has 5 heteroatoms. The van der Waals surface area contributed by atoms with Gasteiger partial charge in [-0.15, -0.1) is 0 Å². The van der Waals surface area contributed by atoms with Crippen LogP contribution in [0.2, 0.25) is 5.02 Å². The third kappa shape index (κ3) is 4.71. The SMILES string of the molecule is O=C(CN1CCN(Cc2cccc3ccccc23)CC1)Nc1cccc(Cl)c1. The lowest BCUT2D eigenvalue weighted by molar-refractivity contribution is -0.117. The first kappa shape index (κ1) is 18.9. The Morgan fingerprint density at radius 3 is 2.43 bits per heavy atom. The molecule has 144 valence electrons. The van der Waals surface area contributed by atoms with E-state index in [1.807, 2.05) is 12.1 Å². The van der Waals surface area contributed by atoms with Crippen molar-refractivity contribution < 1.29 is 4.79 Å². The van der Waals surface area contributed by atoms with E-state index in [0.717, 1.165) is 38.4 Å². The number of carbonyl (C=O) groups excluding carboxylic acids is 1. The molecule has 1 amide bonds. The van der Waals surface area contributed by atoms with E-state index < -0.39 is 0 Å². The van der Waals surface area contributed by atoms with Crippen molar-refractivity contribution in [2.45, 2.75) is 6.54 Å². The second-order valence-electron chi connectivity index (χ2n) is 7.25. The molecule has 0 bridgehead atoms. The first-order chi connectivity index (χ1) is 13.7. The minimum atomic E-state index is 0.00442. The predicted octanol–water partition coefficient (Wildman–Crippen LogP) is 4.25. The number of hydrogen-bond donors (Lipinski definition) is 1. The number of rotatable bonds is 5. The molecule has 1 fully saturated rings. The first-order valence-electron chi connectivity index (χ1n) is 9.64. The molecule has 0 spiro atoms. The smallest absolute Gasteiger partial charge is 0.238 e. The lowest BCUT2D eigenvalue weighted by Gasteiger charge is -2.34. The van der Waals surface area contributed by atoms with Gasteiger partial charge in [0.2, 0.25) is 5.91 Å². The lowest BCUT2D eigenvalue weighted by atomic mass is 10.0. The maximum atomic E-state index is 12.3. The maximum absolute atomic E-state index is 12.3.